The van der Waals surface area contributed by atoms with Crippen LogP contribution in [0, 0.1) is 27.2 Å². The summed E-state index contributed by atoms with van der Waals surface area (Å²) >= 11 is 0. The number of benzene rings is 1. The lowest BCUT2D eigenvalue weighted by Gasteiger charge is -2.05. The summed E-state index contributed by atoms with van der Waals surface area (Å²) in [6.45, 7) is 1.66. The Morgan fingerprint density at radius 1 is 1.31 bits per heavy atom. The minimum Gasteiger partial charge on any atom is -0.271 e. The maximum atomic E-state index is 10.7. The normalized spacial score (nSPS) is 10.1. The molecule has 0 spiro atoms. The fraction of sp³-hybridized carbons (Fsp3) is 0.250. The van der Waals surface area contributed by atoms with E-state index in [4.69, 9.17) is 5.84 Å². The van der Waals surface area contributed by atoms with E-state index in [9.17, 15) is 20.2 Å². The number of nitro groups is 2. The van der Waals surface area contributed by atoms with Gasteiger partial charge in [0.2, 0.25) is 0 Å². The molecule has 86 valence electrons. The lowest BCUT2D eigenvalue weighted by atomic mass is 10.1. The van der Waals surface area contributed by atoms with Gasteiger partial charge in [0, 0.05) is 18.2 Å². The number of nitrogens with two attached hydrogens (primary N) is 1. The van der Waals surface area contributed by atoms with E-state index in [1.54, 1.807) is 0 Å². The number of non-ortho nitro benzene ring substituents is 1. The Kier molecular flexibility index (Phi) is 3.48. The lowest BCUT2D eigenvalue weighted by molar-refractivity contribution is -0.394. The topological polar surface area (TPSA) is 124 Å². The van der Waals surface area contributed by atoms with Crippen LogP contribution in [-0.4, -0.2) is 9.85 Å². The molecule has 0 saturated carbocycles. The van der Waals surface area contributed by atoms with Crippen molar-refractivity contribution in [3.8, 4) is 0 Å². The molecule has 8 heteroatoms. The molecule has 0 bridgehead atoms. The van der Waals surface area contributed by atoms with Crippen molar-refractivity contribution in [1.29, 1.82) is 0 Å². The van der Waals surface area contributed by atoms with Crippen LogP contribution in [0.4, 0.5) is 11.4 Å². The third-order valence-corrected chi connectivity index (χ3v) is 2.17. The highest BCUT2D eigenvalue weighted by atomic mass is 16.6. The molecule has 16 heavy (non-hydrogen) atoms. The summed E-state index contributed by atoms with van der Waals surface area (Å²) in [6, 6.07) is 2.21. The van der Waals surface area contributed by atoms with Crippen LogP contribution in [0.25, 0.3) is 0 Å². The van der Waals surface area contributed by atoms with E-state index in [1.807, 2.05) is 0 Å². The van der Waals surface area contributed by atoms with Crippen molar-refractivity contribution in [3.63, 3.8) is 0 Å². The van der Waals surface area contributed by atoms with Gasteiger partial charge in [0.25, 0.3) is 11.4 Å². The summed E-state index contributed by atoms with van der Waals surface area (Å²) in [7, 11) is 0. The molecule has 0 unspecified atom stereocenters. The van der Waals surface area contributed by atoms with E-state index in [2.05, 4.69) is 5.43 Å². The van der Waals surface area contributed by atoms with Crippen molar-refractivity contribution in [2.75, 3.05) is 0 Å². The molecule has 0 fully saturated rings. The Morgan fingerprint density at radius 2 is 1.94 bits per heavy atom. The molecular formula is C8H10N4O4. The molecule has 0 aliphatic heterocycles. The van der Waals surface area contributed by atoms with Gasteiger partial charge in [-0.15, -0.1) is 0 Å². The van der Waals surface area contributed by atoms with Crippen LogP contribution in [0.15, 0.2) is 12.1 Å². The minimum atomic E-state index is -0.674. The fourth-order valence-corrected chi connectivity index (χ4v) is 1.33. The minimum absolute atomic E-state index is 0.133. The molecule has 3 N–H and O–H groups in total. The number of hydrogen-bond donors (Lipinski definition) is 2. The van der Waals surface area contributed by atoms with Crippen LogP contribution in [0.3, 0.4) is 0 Å². The molecule has 0 aliphatic rings. The SMILES string of the molecule is Cc1c(CNN)cc([N+](=O)[O-])cc1[N+](=O)[O-]. The predicted molar refractivity (Wildman–Crippen MR) is 55.5 cm³/mol. The second kappa shape index (κ2) is 4.64. The van der Waals surface area contributed by atoms with Crippen molar-refractivity contribution in [2.45, 2.75) is 13.5 Å². The van der Waals surface area contributed by atoms with Gasteiger partial charge in [-0.05, 0) is 12.5 Å². The fourth-order valence-electron chi connectivity index (χ4n) is 1.33. The average Bonchev–Trinajstić information content (AvgIpc) is 2.20. The van der Waals surface area contributed by atoms with Crippen molar-refractivity contribution in [1.82, 2.24) is 5.43 Å². The van der Waals surface area contributed by atoms with Crippen LogP contribution in [0.5, 0.6) is 0 Å². The van der Waals surface area contributed by atoms with E-state index in [0.717, 1.165) is 6.07 Å². The van der Waals surface area contributed by atoms with Gasteiger partial charge >= 0.3 is 0 Å². The largest absolute Gasteiger partial charge is 0.279 e. The first kappa shape index (κ1) is 12.0. The quantitative estimate of drug-likeness (QED) is 0.444. The molecule has 1 aromatic rings. The van der Waals surface area contributed by atoms with E-state index in [0.29, 0.717) is 11.1 Å². The summed E-state index contributed by atoms with van der Waals surface area (Å²) in [6.07, 6.45) is 0. The standard InChI is InChI=1S/C8H10N4O4/c1-5-6(4-10-9)2-7(11(13)14)3-8(5)12(15)16/h2-3,10H,4,9H2,1H3. The number of hydrogen-bond acceptors (Lipinski definition) is 6. The maximum absolute atomic E-state index is 10.7. The molecule has 1 aromatic carbocycles. The highest BCUT2D eigenvalue weighted by molar-refractivity contribution is 5.53. The van der Waals surface area contributed by atoms with E-state index in [-0.39, 0.29) is 17.9 Å². The smallest absolute Gasteiger partial charge is 0.271 e. The summed E-state index contributed by atoms with van der Waals surface area (Å²) in [4.78, 5) is 19.9. The van der Waals surface area contributed by atoms with Crippen molar-refractivity contribution in [3.05, 3.63) is 43.5 Å². The van der Waals surface area contributed by atoms with Crippen LogP contribution < -0.4 is 11.3 Å². The first-order valence-electron chi connectivity index (χ1n) is 4.33. The number of nitro benzene ring substituents is 2. The van der Waals surface area contributed by atoms with Gasteiger partial charge in [0.15, 0.2) is 0 Å². The second-order valence-electron chi connectivity index (χ2n) is 3.14. The van der Waals surface area contributed by atoms with Crippen LogP contribution in [-0.2, 0) is 6.54 Å². The van der Waals surface area contributed by atoms with E-state index >= 15 is 0 Å². The highest BCUT2D eigenvalue weighted by Crippen LogP contribution is 2.27. The van der Waals surface area contributed by atoms with Crippen LogP contribution in [0.1, 0.15) is 11.1 Å². The molecule has 0 aromatic heterocycles. The Morgan fingerprint density at radius 3 is 2.38 bits per heavy atom. The number of nitrogens with zero attached hydrogens (tertiary/aromatic N) is 2. The molecule has 0 amide bonds. The molecular weight excluding hydrogens is 216 g/mol. The van der Waals surface area contributed by atoms with Gasteiger partial charge in [-0.25, -0.2) is 0 Å². The first-order valence-corrected chi connectivity index (χ1v) is 4.33. The Hall–Kier alpha value is -2.06. The zero-order valence-electron chi connectivity index (χ0n) is 8.47. The number of nitrogens with one attached hydrogen (secondary N) is 1. The van der Waals surface area contributed by atoms with Crippen molar-refractivity contribution in [2.24, 2.45) is 5.84 Å². The number of rotatable bonds is 4. The van der Waals surface area contributed by atoms with Crippen molar-refractivity contribution >= 4 is 11.4 Å². The zero-order chi connectivity index (χ0) is 12.3. The van der Waals surface area contributed by atoms with Crippen LogP contribution in [0.2, 0.25) is 0 Å². The third kappa shape index (κ3) is 2.30. The van der Waals surface area contributed by atoms with Gasteiger partial charge in [-0.2, -0.15) is 0 Å². The highest BCUT2D eigenvalue weighted by Gasteiger charge is 2.20. The zero-order valence-corrected chi connectivity index (χ0v) is 8.47. The van der Waals surface area contributed by atoms with Gasteiger partial charge in [-0.3, -0.25) is 31.5 Å². The number of hydrazine groups is 1. The molecule has 0 radical (unpaired) electrons. The Bertz CT molecular complexity index is 446. The Balaban J connectivity index is 3.38. The summed E-state index contributed by atoms with van der Waals surface area (Å²) in [5, 5.41) is 21.3. The van der Waals surface area contributed by atoms with Gasteiger partial charge in [0.1, 0.15) is 0 Å². The predicted octanol–water partition coefficient (Wildman–Crippen LogP) is 0.775. The molecule has 1 rings (SSSR count). The molecule has 0 heterocycles. The van der Waals surface area contributed by atoms with Crippen LogP contribution >= 0.6 is 0 Å². The van der Waals surface area contributed by atoms with Crippen molar-refractivity contribution < 1.29 is 9.85 Å². The van der Waals surface area contributed by atoms with E-state index < -0.39 is 9.85 Å². The molecule has 0 saturated heterocycles. The maximum Gasteiger partial charge on any atom is 0.279 e. The lowest BCUT2D eigenvalue weighted by Crippen LogP contribution is -2.21. The molecule has 0 atom stereocenters. The summed E-state index contributed by atoms with van der Waals surface area (Å²) in [5.74, 6) is 5.09. The average molecular weight is 226 g/mol. The van der Waals surface area contributed by atoms with Gasteiger partial charge < -0.3 is 0 Å². The second-order valence-corrected chi connectivity index (χ2v) is 3.14. The molecule has 8 nitrogen and oxygen atoms in total. The molecule has 0 aliphatic carbocycles. The summed E-state index contributed by atoms with van der Waals surface area (Å²) < 4.78 is 0. The first-order chi connectivity index (χ1) is 7.47. The summed E-state index contributed by atoms with van der Waals surface area (Å²) in [5.41, 5.74) is 2.52. The van der Waals surface area contributed by atoms with Gasteiger partial charge in [0.05, 0.1) is 15.9 Å². The Labute approximate surface area is 90.3 Å². The van der Waals surface area contributed by atoms with E-state index in [1.165, 1.54) is 13.0 Å². The van der Waals surface area contributed by atoms with Gasteiger partial charge in [-0.1, -0.05) is 0 Å². The third-order valence-electron chi connectivity index (χ3n) is 2.17. The monoisotopic (exact) mass is 226 g/mol.